The van der Waals surface area contributed by atoms with E-state index in [0.29, 0.717) is 19.0 Å². The van der Waals surface area contributed by atoms with Gasteiger partial charge in [-0.1, -0.05) is 6.07 Å². The zero-order chi connectivity index (χ0) is 16.1. The molecule has 1 aliphatic rings. The lowest BCUT2D eigenvalue weighted by molar-refractivity contribution is -0.123. The van der Waals surface area contributed by atoms with E-state index in [1.54, 1.807) is 11.8 Å². The maximum atomic E-state index is 12.4. The number of rotatable bonds is 6. The number of amides is 1. The molecular formula is C15H18N4O3S. The number of ether oxygens (including phenoxy) is 2. The fraction of sp³-hybridized carbons (Fsp3) is 0.400. The molecule has 1 atom stereocenters. The van der Waals surface area contributed by atoms with E-state index in [2.05, 4.69) is 15.5 Å². The zero-order valence-corrected chi connectivity index (χ0v) is 13.6. The average molecular weight is 334 g/mol. The van der Waals surface area contributed by atoms with Gasteiger partial charge in [0.1, 0.15) is 19.5 Å². The van der Waals surface area contributed by atoms with E-state index in [-0.39, 0.29) is 17.7 Å². The molecule has 1 N–H and O–H groups in total. The first-order valence-corrected chi connectivity index (χ1v) is 8.73. The van der Waals surface area contributed by atoms with Gasteiger partial charge in [-0.15, -0.1) is 10.2 Å². The molecule has 1 amide bonds. The Morgan fingerprint density at radius 3 is 3.13 bits per heavy atom. The molecule has 0 aliphatic carbocycles. The van der Waals surface area contributed by atoms with Crippen LogP contribution in [-0.2, 0) is 14.3 Å². The summed E-state index contributed by atoms with van der Waals surface area (Å²) in [7, 11) is 0. The first-order valence-electron chi connectivity index (χ1n) is 7.33. The maximum Gasteiger partial charge on any atom is 0.290 e. The van der Waals surface area contributed by atoms with Crippen molar-refractivity contribution in [3.63, 3.8) is 0 Å². The molecule has 0 unspecified atom stereocenters. The van der Waals surface area contributed by atoms with Gasteiger partial charge >= 0.3 is 0 Å². The quantitative estimate of drug-likeness (QED) is 0.863. The highest BCUT2D eigenvalue weighted by molar-refractivity contribution is 7.98. The largest absolute Gasteiger partial charge is 0.494 e. The SMILES string of the molecule is CSCC[C@H](NC(=O)C1=COCCO1)c1nnc2ccccn12. The van der Waals surface area contributed by atoms with Gasteiger partial charge in [0.25, 0.3) is 5.91 Å². The molecule has 2 aromatic heterocycles. The lowest BCUT2D eigenvalue weighted by Gasteiger charge is -2.20. The second kappa shape index (κ2) is 7.36. The Hall–Kier alpha value is -2.22. The van der Waals surface area contributed by atoms with Crippen molar-refractivity contribution in [2.24, 2.45) is 0 Å². The number of hydrogen-bond acceptors (Lipinski definition) is 6. The number of fused-ring (bicyclic) bond motifs is 1. The highest BCUT2D eigenvalue weighted by Crippen LogP contribution is 2.19. The molecule has 0 fully saturated rings. The standard InChI is InChI=1S/C15H18N4O3S/c1-23-9-5-11(16-15(20)12-10-21-7-8-22-12)14-18-17-13-4-2-3-6-19(13)14/h2-4,6,10-11H,5,7-9H2,1H3,(H,16,20)/t11-/m0/s1. The van der Waals surface area contributed by atoms with Gasteiger partial charge in [0.05, 0.1) is 6.04 Å². The molecule has 3 heterocycles. The van der Waals surface area contributed by atoms with Gasteiger partial charge in [-0.25, -0.2) is 0 Å². The molecule has 0 aromatic carbocycles. The lowest BCUT2D eigenvalue weighted by atomic mass is 10.2. The Kier molecular flexibility index (Phi) is 5.02. The van der Waals surface area contributed by atoms with Crippen LogP contribution in [0.5, 0.6) is 0 Å². The molecule has 1 aliphatic heterocycles. The smallest absolute Gasteiger partial charge is 0.290 e. The average Bonchev–Trinajstić information content (AvgIpc) is 3.03. The van der Waals surface area contributed by atoms with E-state index in [9.17, 15) is 4.79 Å². The molecule has 3 rings (SSSR count). The molecule has 0 spiro atoms. The van der Waals surface area contributed by atoms with E-state index in [0.717, 1.165) is 17.8 Å². The van der Waals surface area contributed by atoms with Crippen molar-refractivity contribution in [3.05, 3.63) is 42.2 Å². The summed E-state index contributed by atoms with van der Waals surface area (Å²) in [6.07, 6.45) is 6.02. The van der Waals surface area contributed by atoms with Gasteiger partial charge in [0, 0.05) is 6.20 Å². The van der Waals surface area contributed by atoms with E-state index in [4.69, 9.17) is 9.47 Å². The fourth-order valence-electron chi connectivity index (χ4n) is 2.32. The van der Waals surface area contributed by atoms with Crippen LogP contribution in [0.25, 0.3) is 5.65 Å². The van der Waals surface area contributed by atoms with E-state index in [1.165, 1.54) is 6.26 Å². The van der Waals surface area contributed by atoms with Crippen LogP contribution in [0.3, 0.4) is 0 Å². The number of aromatic nitrogens is 3. The summed E-state index contributed by atoms with van der Waals surface area (Å²) in [5.41, 5.74) is 0.752. The molecule has 0 radical (unpaired) electrons. The first kappa shape index (κ1) is 15.7. The van der Waals surface area contributed by atoms with Crippen molar-refractivity contribution in [2.45, 2.75) is 12.5 Å². The number of carbonyl (C=O) groups is 1. The lowest BCUT2D eigenvalue weighted by Crippen LogP contribution is -2.33. The number of nitrogens with one attached hydrogen (secondary N) is 1. The minimum absolute atomic E-state index is 0.194. The third-order valence-corrected chi connectivity index (χ3v) is 4.08. The van der Waals surface area contributed by atoms with Crippen LogP contribution in [0.4, 0.5) is 0 Å². The van der Waals surface area contributed by atoms with E-state index in [1.807, 2.05) is 35.1 Å². The van der Waals surface area contributed by atoms with Crippen LogP contribution in [0.15, 0.2) is 36.4 Å². The Morgan fingerprint density at radius 2 is 2.35 bits per heavy atom. The zero-order valence-electron chi connectivity index (χ0n) is 12.8. The van der Waals surface area contributed by atoms with Crippen LogP contribution in [0.1, 0.15) is 18.3 Å². The van der Waals surface area contributed by atoms with Gasteiger partial charge in [-0.2, -0.15) is 11.8 Å². The van der Waals surface area contributed by atoms with Gasteiger partial charge in [-0.3, -0.25) is 9.20 Å². The molecule has 122 valence electrons. The summed E-state index contributed by atoms with van der Waals surface area (Å²) in [6.45, 7) is 0.837. The van der Waals surface area contributed by atoms with Crippen molar-refractivity contribution < 1.29 is 14.3 Å². The normalized spacial score (nSPS) is 15.4. The predicted molar refractivity (Wildman–Crippen MR) is 86.9 cm³/mol. The van der Waals surface area contributed by atoms with E-state index < -0.39 is 0 Å². The van der Waals surface area contributed by atoms with Crippen molar-refractivity contribution in [1.82, 2.24) is 19.9 Å². The second-order valence-electron chi connectivity index (χ2n) is 5.00. The molecule has 0 saturated carbocycles. The number of thioether (sulfide) groups is 1. The first-order chi connectivity index (χ1) is 11.3. The van der Waals surface area contributed by atoms with Crippen LogP contribution < -0.4 is 5.32 Å². The number of hydrogen-bond donors (Lipinski definition) is 1. The second-order valence-corrected chi connectivity index (χ2v) is 5.98. The van der Waals surface area contributed by atoms with Crippen LogP contribution in [0.2, 0.25) is 0 Å². The molecule has 23 heavy (non-hydrogen) atoms. The fourth-order valence-corrected chi connectivity index (χ4v) is 2.79. The van der Waals surface area contributed by atoms with Crippen molar-refractivity contribution in [1.29, 1.82) is 0 Å². The van der Waals surface area contributed by atoms with Gasteiger partial charge in [0.2, 0.25) is 5.76 Å². The Morgan fingerprint density at radius 1 is 1.43 bits per heavy atom. The van der Waals surface area contributed by atoms with Gasteiger partial charge in [-0.05, 0) is 30.6 Å². The molecule has 0 bridgehead atoms. The number of carbonyl (C=O) groups excluding carboxylic acids is 1. The van der Waals surface area contributed by atoms with Crippen LogP contribution >= 0.6 is 11.8 Å². The monoisotopic (exact) mass is 334 g/mol. The van der Waals surface area contributed by atoms with Gasteiger partial charge in [0.15, 0.2) is 11.5 Å². The van der Waals surface area contributed by atoms with Crippen molar-refractivity contribution >= 4 is 23.3 Å². The minimum Gasteiger partial charge on any atom is -0.494 e. The van der Waals surface area contributed by atoms with Crippen molar-refractivity contribution in [2.75, 3.05) is 25.2 Å². The maximum absolute atomic E-state index is 12.4. The highest BCUT2D eigenvalue weighted by Gasteiger charge is 2.23. The predicted octanol–water partition coefficient (Wildman–Crippen LogP) is 1.53. The number of pyridine rings is 1. The van der Waals surface area contributed by atoms with Crippen molar-refractivity contribution in [3.8, 4) is 0 Å². The van der Waals surface area contributed by atoms with E-state index >= 15 is 0 Å². The molecule has 2 aromatic rings. The summed E-state index contributed by atoms with van der Waals surface area (Å²) in [5.74, 6) is 1.49. The topological polar surface area (TPSA) is 77.8 Å². The van der Waals surface area contributed by atoms with Crippen LogP contribution in [0, 0.1) is 0 Å². The third kappa shape index (κ3) is 3.58. The summed E-state index contributed by atoms with van der Waals surface area (Å²) in [4.78, 5) is 12.4. The summed E-state index contributed by atoms with van der Waals surface area (Å²) < 4.78 is 12.4. The highest BCUT2D eigenvalue weighted by atomic mass is 32.2. The Balaban J connectivity index is 1.82. The summed E-state index contributed by atoms with van der Waals surface area (Å²) >= 11 is 1.72. The Labute approximate surface area is 138 Å². The molecule has 0 saturated heterocycles. The van der Waals surface area contributed by atoms with Gasteiger partial charge < -0.3 is 14.8 Å². The van der Waals surface area contributed by atoms with Crippen LogP contribution in [-0.4, -0.2) is 45.7 Å². The Bertz CT molecular complexity index is 716. The minimum atomic E-state index is -0.302. The molecular weight excluding hydrogens is 316 g/mol. The summed E-state index contributed by atoms with van der Waals surface area (Å²) in [6, 6.07) is 5.44. The molecule has 8 heteroatoms. The number of nitrogens with zero attached hydrogens (tertiary/aromatic N) is 3. The molecule has 7 nitrogen and oxygen atoms in total. The summed E-state index contributed by atoms with van der Waals surface area (Å²) in [5, 5.41) is 11.4. The third-order valence-electron chi connectivity index (χ3n) is 3.44.